The van der Waals surface area contributed by atoms with Gasteiger partial charge in [-0.25, -0.2) is 0 Å². The van der Waals surface area contributed by atoms with E-state index in [1.165, 1.54) is 0 Å². The third kappa shape index (κ3) is 6.54. The molecule has 6 nitrogen and oxygen atoms in total. The van der Waals surface area contributed by atoms with Crippen LogP contribution in [0.3, 0.4) is 0 Å². The Morgan fingerprint density at radius 2 is 2.00 bits per heavy atom. The van der Waals surface area contributed by atoms with Crippen LogP contribution < -0.4 is 0 Å². The molecule has 0 aromatic carbocycles. The van der Waals surface area contributed by atoms with E-state index in [4.69, 9.17) is 9.47 Å². The Kier molecular flexibility index (Phi) is 7.43. The van der Waals surface area contributed by atoms with Crippen molar-refractivity contribution in [3.8, 4) is 0 Å². The number of carbonyl (C=O) groups excluding carboxylic acids is 2. The third-order valence-corrected chi connectivity index (χ3v) is 3.00. The SMILES string of the molecule is CCOC(=O)CCCN(C)CC(=O)N1CCOCC1. The van der Waals surface area contributed by atoms with Crippen molar-refractivity contribution in [3.05, 3.63) is 0 Å². The number of amides is 1. The lowest BCUT2D eigenvalue weighted by Crippen LogP contribution is -2.45. The highest BCUT2D eigenvalue weighted by atomic mass is 16.5. The molecule has 1 saturated heterocycles. The monoisotopic (exact) mass is 272 g/mol. The van der Waals surface area contributed by atoms with Crippen LogP contribution in [-0.2, 0) is 19.1 Å². The van der Waals surface area contributed by atoms with Crippen LogP contribution in [0.15, 0.2) is 0 Å². The molecule has 0 radical (unpaired) electrons. The summed E-state index contributed by atoms with van der Waals surface area (Å²) in [5, 5.41) is 0. The first kappa shape index (κ1) is 15.9. The number of nitrogens with zero attached hydrogens (tertiary/aromatic N) is 2. The normalized spacial score (nSPS) is 15.6. The van der Waals surface area contributed by atoms with Gasteiger partial charge in [0, 0.05) is 19.5 Å². The fraction of sp³-hybridized carbons (Fsp3) is 0.846. The number of ether oxygens (including phenoxy) is 2. The Morgan fingerprint density at radius 1 is 1.32 bits per heavy atom. The number of rotatable bonds is 7. The van der Waals surface area contributed by atoms with Crippen molar-refractivity contribution >= 4 is 11.9 Å². The maximum absolute atomic E-state index is 11.9. The molecule has 1 aliphatic rings. The zero-order chi connectivity index (χ0) is 14.1. The van der Waals surface area contributed by atoms with E-state index < -0.39 is 0 Å². The summed E-state index contributed by atoms with van der Waals surface area (Å²) >= 11 is 0. The Hall–Kier alpha value is -1.14. The molecule has 1 heterocycles. The van der Waals surface area contributed by atoms with Crippen LogP contribution in [0.25, 0.3) is 0 Å². The van der Waals surface area contributed by atoms with Gasteiger partial charge in [0.05, 0.1) is 26.4 Å². The van der Waals surface area contributed by atoms with Gasteiger partial charge in [0.25, 0.3) is 0 Å². The second-order valence-corrected chi connectivity index (χ2v) is 4.64. The van der Waals surface area contributed by atoms with E-state index in [2.05, 4.69) is 0 Å². The molecular formula is C13H24N2O4. The molecule has 1 fully saturated rings. The number of likely N-dealkylation sites (N-methyl/N-ethyl adjacent to an activating group) is 1. The van der Waals surface area contributed by atoms with Gasteiger partial charge in [-0.3, -0.25) is 14.5 Å². The molecule has 0 aliphatic carbocycles. The average Bonchev–Trinajstić information content (AvgIpc) is 2.40. The Balaban J connectivity index is 2.14. The van der Waals surface area contributed by atoms with Gasteiger partial charge in [0.1, 0.15) is 0 Å². The van der Waals surface area contributed by atoms with E-state index in [1.807, 2.05) is 16.8 Å². The van der Waals surface area contributed by atoms with Gasteiger partial charge in [0.15, 0.2) is 0 Å². The second kappa shape index (κ2) is 8.87. The highest BCUT2D eigenvalue weighted by molar-refractivity contribution is 5.78. The summed E-state index contributed by atoms with van der Waals surface area (Å²) in [5.74, 6) is -0.0441. The topological polar surface area (TPSA) is 59.1 Å². The zero-order valence-corrected chi connectivity index (χ0v) is 11.9. The highest BCUT2D eigenvalue weighted by Crippen LogP contribution is 2.00. The van der Waals surface area contributed by atoms with Gasteiger partial charge in [-0.1, -0.05) is 0 Å². The molecular weight excluding hydrogens is 248 g/mol. The smallest absolute Gasteiger partial charge is 0.305 e. The molecule has 0 aromatic heterocycles. The number of hydrogen-bond donors (Lipinski definition) is 0. The Bertz CT molecular complexity index is 290. The lowest BCUT2D eigenvalue weighted by atomic mass is 10.3. The van der Waals surface area contributed by atoms with Gasteiger partial charge in [-0.15, -0.1) is 0 Å². The molecule has 0 unspecified atom stereocenters. The molecule has 1 amide bonds. The van der Waals surface area contributed by atoms with E-state index >= 15 is 0 Å². The van der Waals surface area contributed by atoms with E-state index in [-0.39, 0.29) is 11.9 Å². The van der Waals surface area contributed by atoms with Crippen molar-refractivity contribution < 1.29 is 19.1 Å². The molecule has 1 aliphatic heterocycles. The minimum Gasteiger partial charge on any atom is -0.466 e. The van der Waals surface area contributed by atoms with Crippen LogP contribution in [0.2, 0.25) is 0 Å². The molecule has 1 rings (SSSR count). The first-order valence-electron chi connectivity index (χ1n) is 6.83. The van der Waals surface area contributed by atoms with Crippen LogP contribution >= 0.6 is 0 Å². The van der Waals surface area contributed by atoms with Gasteiger partial charge < -0.3 is 14.4 Å². The van der Waals surface area contributed by atoms with Crippen molar-refractivity contribution in [2.45, 2.75) is 19.8 Å². The van der Waals surface area contributed by atoms with Crippen LogP contribution in [-0.4, -0.2) is 74.7 Å². The fourth-order valence-corrected chi connectivity index (χ4v) is 1.95. The quantitative estimate of drug-likeness (QED) is 0.616. The largest absolute Gasteiger partial charge is 0.466 e. The first-order valence-corrected chi connectivity index (χ1v) is 6.83. The molecule has 110 valence electrons. The molecule has 0 atom stereocenters. The van der Waals surface area contributed by atoms with Crippen LogP contribution in [0, 0.1) is 0 Å². The summed E-state index contributed by atoms with van der Waals surface area (Å²) in [6.45, 7) is 5.93. The van der Waals surface area contributed by atoms with E-state index in [0.29, 0.717) is 52.3 Å². The minimum atomic E-state index is -0.171. The van der Waals surface area contributed by atoms with Crippen LogP contribution in [0.4, 0.5) is 0 Å². The molecule has 0 saturated carbocycles. The second-order valence-electron chi connectivity index (χ2n) is 4.64. The molecule has 0 aromatic rings. The summed E-state index contributed by atoms with van der Waals surface area (Å²) in [7, 11) is 1.89. The van der Waals surface area contributed by atoms with Crippen molar-refractivity contribution in [1.29, 1.82) is 0 Å². The Morgan fingerprint density at radius 3 is 2.63 bits per heavy atom. The maximum atomic E-state index is 11.9. The summed E-state index contributed by atoms with van der Waals surface area (Å²) in [6, 6.07) is 0. The third-order valence-electron chi connectivity index (χ3n) is 3.00. The van der Waals surface area contributed by atoms with Gasteiger partial charge in [-0.2, -0.15) is 0 Å². The van der Waals surface area contributed by atoms with Gasteiger partial charge in [-0.05, 0) is 26.9 Å². The van der Waals surface area contributed by atoms with Crippen molar-refractivity contribution in [2.75, 3.05) is 53.0 Å². The number of hydrogen-bond acceptors (Lipinski definition) is 5. The maximum Gasteiger partial charge on any atom is 0.305 e. The summed E-state index contributed by atoms with van der Waals surface area (Å²) < 4.78 is 10.1. The fourth-order valence-electron chi connectivity index (χ4n) is 1.95. The summed E-state index contributed by atoms with van der Waals surface area (Å²) in [6.07, 6.45) is 1.12. The number of carbonyl (C=O) groups is 2. The van der Waals surface area contributed by atoms with Gasteiger partial charge >= 0.3 is 5.97 Å². The van der Waals surface area contributed by atoms with Crippen molar-refractivity contribution in [3.63, 3.8) is 0 Å². The molecule has 19 heavy (non-hydrogen) atoms. The van der Waals surface area contributed by atoms with Crippen molar-refractivity contribution in [2.24, 2.45) is 0 Å². The zero-order valence-electron chi connectivity index (χ0n) is 11.9. The van der Waals surface area contributed by atoms with Crippen LogP contribution in [0.1, 0.15) is 19.8 Å². The standard InChI is InChI=1S/C13H24N2O4/c1-3-19-13(17)5-4-6-14(2)11-12(16)15-7-9-18-10-8-15/h3-11H2,1-2H3. The molecule has 0 spiro atoms. The van der Waals surface area contributed by atoms with E-state index in [1.54, 1.807) is 6.92 Å². The van der Waals surface area contributed by atoms with Gasteiger partial charge in [0.2, 0.25) is 5.91 Å². The van der Waals surface area contributed by atoms with E-state index in [9.17, 15) is 9.59 Å². The lowest BCUT2D eigenvalue weighted by Gasteiger charge is -2.28. The molecule has 6 heteroatoms. The lowest BCUT2D eigenvalue weighted by molar-refractivity contribution is -0.143. The average molecular weight is 272 g/mol. The number of esters is 1. The first-order chi connectivity index (χ1) is 9.13. The molecule has 0 bridgehead atoms. The molecule has 0 N–H and O–H groups in total. The minimum absolute atomic E-state index is 0.127. The highest BCUT2D eigenvalue weighted by Gasteiger charge is 2.17. The predicted octanol–water partition coefficient (Wildman–Crippen LogP) is 0.120. The van der Waals surface area contributed by atoms with Crippen molar-refractivity contribution in [1.82, 2.24) is 9.80 Å². The Labute approximate surface area is 114 Å². The van der Waals surface area contributed by atoms with Crippen LogP contribution in [0.5, 0.6) is 0 Å². The summed E-state index contributed by atoms with van der Waals surface area (Å²) in [5.41, 5.74) is 0. The predicted molar refractivity (Wildman–Crippen MR) is 70.8 cm³/mol. The summed E-state index contributed by atoms with van der Waals surface area (Å²) in [4.78, 5) is 26.9. The number of morpholine rings is 1. The van der Waals surface area contributed by atoms with E-state index in [0.717, 1.165) is 6.54 Å².